The van der Waals surface area contributed by atoms with Crippen LogP contribution in [0.15, 0.2) is 28.7 Å². The maximum Gasteiger partial charge on any atom is 0.161 e. The van der Waals surface area contributed by atoms with Crippen molar-refractivity contribution < 1.29 is 0 Å². The van der Waals surface area contributed by atoms with Crippen LogP contribution in [0.1, 0.15) is 38.4 Å². The van der Waals surface area contributed by atoms with Crippen molar-refractivity contribution in [2.45, 2.75) is 40.0 Å². The molecule has 0 saturated heterocycles. The van der Waals surface area contributed by atoms with E-state index in [1.54, 1.807) is 0 Å². The van der Waals surface area contributed by atoms with Gasteiger partial charge in [0, 0.05) is 5.56 Å². The molecule has 0 unspecified atom stereocenters. The van der Waals surface area contributed by atoms with Gasteiger partial charge >= 0.3 is 0 Å². The summed E-state index contributed by atoms with van der Waals surface area (Å²) in [7, 11) is 0. The molecule has 1 heterocycles. The van der Waals surface area contributed by atoms with E-state index in [1.807, 2.05) is 0 Å². The molecule has 4 heteroatoms. The van der Waals surface area contributed by atoms with Crippen molar-refractivity contribution in [3.8, 4) is 11.4 Å². The summed E-state index contributed by atoms with van der Waals surface area (Å²) < 4.78 is 0.824. The summed E-state index contributed by atoms with van der Waals surface area (Å²) in [6, 6.07) is 8.46. The SMILES string of the molecule is CCCc1nc(-c2ccc(CC(C)C)cc2)nc(N)c1Br. The summed E-state index contributed by atoms with van der Waals surface area (Å²) in [5, 5.41) is 0. The lowest BCUT2D eigenvalue weighted by Gasteiger charge is -2.09. The lowest BCUT2D eigenvalue weighted by atomic mass is 10.0. The summed E-state index contributed by atoms with van der Waals surface area (Å²) in [6.45, 7) is 6.58. The zero-order valence-corrected chi connectivity index (χ0v) is 14.4. The molecule has 0 bridgehead atoms. The van der Waals surface area contributed by atoms with Crippen LogP contribution in [0.4, 0.5) is 5.82 Å². The van der Waals surface area contributed by atoms with E-state index < -0.39 is 0 Å². The highest BCUT2D eigenvalue weighted by atomic mass is 79.9. The van der Waals surface area contributed by atoms with Gasteiger partial charge in [-0.1, -0.05) is 51.5 Å². The van der Waals surface area contributed by atoms with Gasteiger partial charge in [-0.25, -0.2) is 9.97 Å². The Kier molecular flexibility index (Phi) is 5.34. The van der Waals surface area contributed by atoms with Gasteiger partial charge in [-0.3, -0.25) is 0 Å². The first-order valence-corrected chi connectivity index (χ1v) is 8.21. The zero-order valence-electron chi connectivity index (χ0n) is 12.9. The van der Waals surface area contributed by atoms with Crippen LogP contribution in [0.2, 0.25) is 0 Å². The molecule has 0 spiro atoms. The topological polar surface area (TPSA) is 51.8 Å². The van der Waals surface area contributed by atoms with Crippen LogP contribution in [-0.4, -0.2) is 9.97 Å². The fraction of sp³-hybridized carbons (Fsp3) is 0.412. The average Bonchev–Trinajstić information content (AvgIpc) is 2.44. The second kappa shape index (κ2) is 7.03. The van der Waals surface area contributed by atoms with Crippen molar-refractivity contribution in [1.29, 1.82) is 0 Å². The van der Waals surface area contributed by atoms with Crippen molar-refractivity contribution in [2.24, 2.45) is 5.92 Å². The van der Waals surface area contributed by atoms with Crippen LogP contribution in [-0.2, 0) is 12.8 Å². The van der Waals surface area contributed by atoms with E-state index in [1.165, 1.54) is 5.56 Å². The van der Waals surface area contributed by atoms with Gasteiger partial charge < -0.3 is 5.73 Å². The lowest BCUT2D eigenvalue weighted by molar-refractivity contribution is 0.647. The largest absolute Gasteiger partial charge is 0.383 e. The van der Waals surface area contributed by atoms with Gasteiger partial charge in [0.2, 0.25) is 0 Å². The number of aromatic nitrogens is 2. The minimum Gasteiger partial charge on any atom is -0.383 e. The molecule has 0 aliphatic rings. The molecular formula is C17H22BrN3. The van der Waals surface area contributed by atoms with E-state index in [2.05, 4.69) is 70.9 Å². The molecular weight excluding hydrogens is 326 g/mol. The Balaban J connectivity index is 2.33. The summed E-state index contributed by atoms with van der Waals surface area (Å²) >= 11 is 3.48. The van der Waals surface area contributed by atoms with Gasteiger partial charge in [0.1, 0.15) is 5.82 Å². The van der Waals surface area contributed by atoms with Gasteiger partial charge in [-0.15, -0.1) is 0 Å². The summed E-state index contributed by atoms with van der Waals surface area (Å²) in [6.07, 6.45) is 3.01. The third-order valence-electron chi connectivity index (χ3n) is 3.29. The third kappa shape index (κ3) is 4.03. The van der Waals surface area contributed by atoms with Gasteiger partial charge in [-0.05, 0) is 40.3 Å². The van der Waals surface area contributed by atoms with Crippen LogP contribution in [0.5, 0.6) is 0 Å². The molecule has 0 aliphatic heterocycles. The number of halogens is 1. The molecule has 112 valence electrons. The molecule has 0 atom stereocenters. The van der Waals surface area contributed by atoms with Crippen LogP contribution in [0, 0.1) is 5.92 Å². The van der Waals surface area contributed by atoms with E-state index in [-0.39, 0.29) is 0 Å². The van der Waals surface area contributed by atoms with Gasteiger partial charge in [0.05, 0.1) is 10.2 Å². The van der Waals surface area contributed by atoms with Gasteiger partial charge in [0.15, 0.2) is 5.82 Å². The highest BCUT2D eigenvalue weighted by molar-refractivity contribution is 9.10. The molecule has 0 aliphatic carbocycles. The van der Waals surface area contributed by atoms with Gasteiger partial charge in [-0.2, -0.15) is 0 Å². The minimum atomic E-state index is 0.509. The molecule has 1 aromatic carbocycles. The second-order valence-electron chi connectivity index (χ2n) is 5.74. The minimum absolute atomic E-state index is 0.509. The van der Waals surface area contributed by atoms with Crippen molar-refractivity contribution >= 4 is 21.7 Å². The maximum atomic E-state index is 5.99. The predicted molar refractivity (Wildman–Crippen MR) is 92.1 cm³/mol. The maximum absolute atomic E-state index is 5.99. The fourth-order valence-electron chi connectivity index (χ4n) is 2.31. The molecule has 2 rings (SSSR count). The van der Waals surface area contributed by atoms with Crippen LogP contribution < -0.4 is 5.73 Å². The molecule has 0 radical (unpaired) electrons. The number of nitrogens with two attached hydrogens (primary N) is 1. The monoisotopic (exact) mass is 347 g/mol. The molecule has 21 heavy (non-hydrogen) atoms. The summed E-state index contributed by atoms with van der Waals surface area (Å²) in [4.78, 5) is 9.04. The normalized spacial score (nSPS) is 11.1. The lowest BCUT2D eigenvalue weighted by Crippen LogP contribution is -2.03. The van der Waals surface area contributed by atoms with Gasteiger partial charge in [0.25, 0.3) is 0 Å². The third-order valence-corrected chi connectivity index (χ3v) is 4.15. The Labute approximate surface area is 135 Å². The Morgan fingerprint density at radius 2 is 1.81 bits per heavy atom. The van der Waals surface area contributed by atoms with E-state index in [0.717, 1.165) is 35.0 Å². The number of rotatable bonds is 5. The molecule has 2 aromatic rings. The number of aryl methyl sites for hydroxylation is 1. The molecule has 0 saturated carbocycles. The van der Waals surface area contributed by atoms with Crippen molar-refractivity contribution in [2.75, 3.05) is 5.73 Å². The first-order valence-electron chi connectivity index (χ1n) is 7.42. The Hall–Kier alpha value is -1.42. The molecule has 0 amide bonds. The smallest absolute Gasteiger partial charge is 0.161 e. The zero-order chi connectivity index (χ0) is 15.4. The van der Waals surface area contributed by atoms with E-state index in [4.69, 9.17) is 5.73 Å². The van der Waals surface area contributed by atoms with E-state index >= 15 is 0 Å². The second-order valence-corrected chi connectivity index (χ2v) is 6.53. The number of anilines is 1. The first-order chi connectivity index (χ1) is 10.0. The summed E-state index contributed by atoms with van der Waals surface area (Å²) in [5.41, 5.74) is 9.32. The Morgan fingerprint density at radius 1 is 1.14 bits per heavy atom. The summed E-state index contributed by atoms with van der Waals surface area (Å²) in [5.74, 6) is 1.87. The number of nitrogen functional groups attached to an aromatic ring is 1. The quantitative estimate of drug-likeness (QED) is 0.856. The number of benzene rings is 1. The highest BCUT2D eigenvalue weighted by Crippen LogP contribution is 2.26. The fourth-order valence-corrected chi connectivity index (χ4v) is 2.68. The molecule has 3 nitrogen and oxygen atoms in total. The number of hydrogen-bond donors (Lipinski definition) is 1. The molecule has 2 N–H and O–H groups in total. The van der Waals surface area contributed by atoms with E-state index in [9.17, 15) is 0 Å². The Morgan fingerprint density at radius 3 is 2.38 bits per heavy atom. The number of hydrogen-bond acceptors (Lipinski definition) is 3. The first kappa shape index (κ1) is 16.0. The Bertz CT molecular complexity index is 606. The number of nitrogens with zero attached hydrogens (tertiary/aromatic N) is 2. The van der Waals surface area contributed by atoms with Crippen LogP contribution in [0.25, 0.3) is 11.4 Å². The van der Waals surface area contributed by atoms with E-state index in [0.29, 0.717) is 17.6 Å². The predicted octanol–water partition coefficient (Wildman–Crippen LogP) is 4.64. The van der Waals surface area contributed by atoms with Crippen molar-refractivity contribution in [1.82, 2.24) is 9.97 Å². The standard InChI is InChI=1S/C17H22BrN3/c1-4-5-14-15(18)16(19)21-17(20-14)13-8-6-12(7-9-13)10-11(2)3/h6-9,11H,4-5,10H2,1-3H3,(H2,19,20,21). The van der Waals surface area contributed by atoms with Crippen molar-refractivity contribution in [3.05, 3.63) is 40.0 Å². The average molecular weight is 348 g/mol. The highest BCUT2D eigenvalue weighted by Gasteiger charge is 2.11. The van der Waals surface area contributed by atoms with Crippen LogP contribution >= 0.6 is 15.9 Å². The molecule has 1 aromatic heterocycles. The molecule has 0 fully saturated rings. The van der Waals surface area contributed by atoms with Crippen LogP contribution in [0.3, 0.4) is 0 Å². The van der Waals surface area contributed by atoms with Crippen molar-refractivity contribution in [3.63, 3.8) is 0 Å².